The van der Waals surface area contributed by atoms with Crippen LogP contribution in [0.3, 0.4) is 0 Å². The molecular weight excluding hydrogens is 314 g/mol. The summed E-state index contributed by atoms with van der Waals surface area (Å²) in [7, 11) is 0. The van der Waals surface area contributed by atoms with E-state index in [4.69, 9.17) is 11.6 Å². The largest absolute Gasteiger partial charge is 0.358 e. The van der Waals surface area contributed by atoms with Gasteiger partial charge < -0.3 is 5.32 Å². The second kappa shape index (κ2) is 5.06. The number of allylic oxidation sites excluding steroid dienone is 2. The van der Waals surface area contributed by atoms with Crippen LogP contribution in [0.1, 0.15) is 26.7 Å². The van der Waals surface area contributed by atoms with Gasteiger partial charge in [-0.25, -0.2) is 0 Å². The third kappa shape index (κ3) is 3.36. The normalized spacial score (nSPS) is 18.4. The van der Waals surface area contributed by atoms with Crippen molar-refractivity contribution in [1.82, 2.24) is 0 Å². The summed E-state index contributed by atoms with van der Waals surface area (Å²) in [5.41, 5.74) is 1.91. The number of anilines is 1. The molecule has 4 heteroatoms. The molecule has 0 amide bonds. The van der Waals surface area contributed by atoms with Crippen molar-refractivity contribution in [3.8, 4) is 0 Å². The highest BCUT2D eigenvalue weighted by molar-refractivity contribution is 9.10. The Morgan fingerprint density at radius 2 is 2.06 bits per heavy atom. The monoisotopic (exact) mass is 327 g/mol. The first kappa shape index (κ1) is 13.6. The molecule has 1 aromatic carbocycles. The standard InChI is InChI=1S/C14H15BrClNO/c1-14(2)7-10(6-11(18)8-14)17-13-4-3-9(16)5-12(13)15/h3-6,17H,7-8H2,1-2H3. The number of carbonyl (C=O) groups is 1. The number of ketones is 1. The summed E-state index contributed by atoms with van der Waals surface area (Å²) >= 11 is 9.36. The van der Waals surface area contributed by atoms with Crippen molar-refractivity contribution in [3.05, 3.63) is 39.5 Å². The van der Waals surface area contributed by atoms with Crippen LogP contribution in [0.2, 0.25) is 5.02 Å². The highest BCUT2D eigenvalue weighted by atomic mass is 79.9. The Bertz CT molecular complexity index is 523. The van der Waals surface area contributed by atoms with E-state index >= 15 is 0 Å². The first-order valence-corrected chi connectivity index (χ1v) is 6.98. The van der Waals surface area contributed by atoms with E-state index in [1.165, 1.54) is 0 Å². The molecule has 0 saturated heterocycles. The molecule has 1 aromatic rings. The number of halogens is 2. The summed E-state index contributed by atoms with van der Waals surface area (Å²) in [4.78, 5) is 11.7. The highest BCUT2D eigenvalue weighted by Gasteiger charge is 2.27. The van der Waals surface area contributed by atoms with E-state index in [2.05, 4.69) is 35.1 Å². The average molecular weight is 329 g/mol. The van der Waals surface area contributed by atoms with Crippen molar-refractivity contribution in [2.75, 3.05) is 5.32 Å². The van der Waals surface area contributed by atoms with Crippen LogP contribution in [0, 0.1) is 5.41 Å². The molecule has 1 aliphatic rings. The molecule has 18 heavy (non-hydrogen) atoms. The number of hydrogen-bond donors (Lipinski definition) is 1. The lowest BCUT2D eigenvalue weighted by Crippen LogP contribution is -2.24. The summed E-state index contributed by atoms with van der Waals surface area (Å²) in [6, 6.07) is 5.56. The molecule has 1 aliphatic carbocycles. The van der Waals surface area contributed by atoms with Gasteiger partial charge in [-0.05, 0) is 46.0 Å². The van der Waals surface area contributed by atoms with E-state index in [1.807, 2.05) is 18.2 Å². The maximum absolute atomic E-state index is 11.7. The second-order valence-electron chi connectivity index (χ2n) is 5.40. The molecule has 0 radical (unpaired) electrons. The second-order valence-corrected chi connectivity index (χ2v) is 6.69. The molecule has 0 aliphatic heterocycles. The molecule has 0 unspecified atom stereocenters. The summed E-state index contributed by atoms with van der Waals surface area (Å²) in [6.45, 7) is 4.22. The van der Waals surface area contributed by atoms with E-state index in [-0.39, 0.29) is 11.2 Å². The summed E-state index contributed by atoms with van der Waals surface area (Å²) in [5.74, 6) is 0.179. The number of rotatable bonds is 2. The van der Waals surface area contributed by atoms with Crippen LogP contribution in [0.25, 0.3) is 0 Å². The fourth-order valence-electron chi connectivity index (χ4n) is 2.19. The molecule has 0 heterocycles. The summed E-state index contributed by atoms with van der Waals surface area (Å²) in [6.07, 6.45) is 3.18. The fraction of sp³-hybridized carbons (Fsp3) is 0.357. The Morgan fingerprint density at radius 3 is 2.67 bits per heavy atom. The molecule has 0 saturated carbocycles. The smallest absolute Gasteiger partial charge is 0.157 e. The maximum atomic E-state index is 11.7. The predicted molar refractivity (Wildman–Crippen MR) is 78.9 cm³/mol. The van der Waals surface area contributed by atoms with Gasteiger partial charge in [-0.2, -0.15) is 0 Å². The Hall–Kier alpha value is -0.800. The number of hydrogen-bond acceptors (Lipinski definition) is 2. The van der Waals surface area contributed by atoms with Crippen LogP contribution < -0.4 is 5.32 Å². The van der Waals surface area contributed by atoms with Crippen molar-refractivity contribution >= 4 is 39.0 Å². The molecule has 1 N–H and O–H groups in total. The number of nitrogens with one attached hydrogen (secondary N) is 1. The minimum Gasteiger partial charge on any atom is -0.358 e. The van der Waals surface area contributed by atoms with Crippen LogP contribution in [0.5, 0.6) is 0 Å². The molecule has 2 nitrogen and oxygen atoms in total. The number of carbonyl (C=O) groups excluding carboxylic acids is 1. The Labute approximate surface area is 121 Å². The van der Waals surface area contributed by atoms with Crippen molar-refractivity contribution in [3.63, 3.8) is 0 Å². The summed E-state index contributed by atoms with van der Waals surface area (Å²) < 4.78 is 0.895. The Morgan fingerprint density at radius 1 is 1.33 bits per heavy atom. The van der Waals surface area contributed by atoms with Gasteiger partial charge in [0.15, 0.2) is 5.78 Å². The molecule has 0 spiro atoms. The number of benzene rings is 1. The molecular formula is C14H15BrClNO. The van der Waals surface area contributed by atoms with Gasteiger partial charge in [0.2, 0.25) is 0 Å². The van der Waals surface area contributed by atoms with E-state index in [0.29, 0.717) is 11.4 Å². The van der Waals surface area contributed by atoms with Crippen LogP contribution in [-0.4, -0.2) is 5.78 Å². The molecule has 0 bridgehead atoms. The molecule has 2 rings (SSSR count). The van der Waals surface area contributed by atoms with Gasteiger partial charge in [0.05, 0.1) is 5.69 Å². The maximum Gasteiger partial charge on any atom is 0.157 e. The van der Waals surface area contributed by atoms with E-state index in [0.717, 1.165) is 22.3 Å². The van der Waals surface area contributed by atoms with Crippen LogP contribution >= 0.6 is 27.5 Å². The van der Waals surface area contributed by atoms with Crippen LogP contribution in [0.4, 0.5) is 5.69 Å². The zero-order valence-electron chi connectivity index (χ0n) is 10.4. The van der Waals surface area contributed by atoms with Crippen molar-refractivity contribution in [1.29, 1.82) is 0 Å². The summed E-state index contributed by atoms with van der Waals surface area (Å²) in [5, 5.41) is 3.98. The van der Waals surface area contributed by atoms with Crippen LogP contribution in [-0.2, 0) is 4.79 Å². The van der Waals surface area contributed by atoms with Gasteiger partial charge in [-0.3, -0.25) is 4.79 Å². The van der Waals surface area contributed by atoms with Crippen molar-refractivity contribution in [2.24, 2.45) is 5.41 Å². The minimum absolute atomic E-state index is 0.0209. The third-order valence-corrected chi connectivity index (χ3v) is 3.77. The third-order valence-electron chi connectivity index (χ3n) is 2.88. The minimum atomic E-state index is 0.0209. The zero-order chi connectivity index (χ0) is 13.3. The molecule has 0 aromatic heterocycles. The fourth-order valence-corrected chi connectivity index (χ4v) is 2.97. The van der Waals surface area contributed by atoms with Gasteiger partial charge >= 0.3 is 0 Å². The van der Waals surface area contributed by atoms with Gasteiger partial charge in [-0.15, -0.1) is 0 Å². The predicted octanol–water partition coefficient (Wildman–Crippen LogP) is 4.79. The highest BCUT2D eigenvalue weighted by Crippen LogP contribution is 2.35. The topological polar surface area (TPSA) is 29.1 Å². The van der Waals surface area contributed by atoms with Crippen molar-refractivity contribution < 1.29 is 4.79 Å². The Kier molecular flexibility index (Phi) is 3.83. The van der Waals surface area contributed by atoms with E-state index in [1.54, 1.807) is 6.08 Å². The van der Waals surface area contributed by atoms with Gasteiger partial charge in [0.1, 0.15) is 0 Å². The molecule has 0 atom stereocenters. The van der Waals surface area contributed by atoms with E-state index in [9.17, 15) is 4.79 Å². The van der Waals surface area contributed by atoms with Gasteiger partial charge in [0, 0.05) is 27.7 Å². The van der Waals surface area contributed by atoms with Gasteiger partial charge in [0.25, 0.3) is 0 Å². The SMILES string of the molecule is CC1(C)CC(=O)C=C(Nc2ccc(Cl)cc2Br)C1. The van der Waals surface area contributed by atoms with Crippen molar-refractivity contribution in [2.45, 2.75) is 26.7 Å². The molecule has 96 valence electrons. The lowest BCUT2D eigenvalue weighted by molar-refractivity contribution is -0.117. The first-order valence-electron chi connectivity index (χ1n) is 5.81. The lowest BCUT2D eigenvalue weighted by Gasteiger charge is -2.29. The Balaban J connectivity index is 2.21. The first-order chi connectivity index (χ1) is 8.35. The van der Waals surface area contributed by atoms with Gasteiger partial charge in [-0.1, -0.05) is 25.4 Å². The quantitative estimate of drug-likeness (QED) is 0.846. The average Bonchev–Trinajstić information content (AvgIpc) is 2.19. The van der Waals surface area contributed by atoms with Crippen LogP contribution in [0.15, 0.2) is 34.4 Å². The molecule has 0 fully saturated rings. The zero-order valence-corrected chi connectivity index (χ0v) is 12.7. The lowest BCUT2D eigenvalue weighted by atomic mass is 9.79. The van der Waals surface area contributed by atoms with E-state index < -0.39 is 0 Å².